The lowest BCUT2D eigenvalue weighted by Crippen LogP contribution is -2.49. The number of aldehydes is 1. The van der Waals surface area contributed by atoms with Crippen molar-refractivity contribution in [3.05, 3.63) is 90.7 Å². The van der Waals surface area contributed by atoms with Crippen molar-refractivity contribution in [2.75, 3.05) is 125 Å². The zero-order valence-corrected chi connectivity index (χ0v) is 53.6. The van der Waals surface area contributed by atoms with Crippen LogP contribution in [0.3, 0.4) is 0 Å². The van der Waals surface area contributed by atoms with Gasteiger partial charge in [0.05, 0.1) is 84.8 Å². The number of aromatic amines is 2. The Labute approximate surface area is 518 Å². The molecule has 31 heteroatoms. The van der Waals surface area contributed by atoms with Gasteiger partial charge in [0.25, 0.3) is 11.1 Å². The summed E-state index contributed by atoms with van der Waals surface area (Å²) >= 11 is 0. The lowest BCUT2D eigenvalue weighted by molar-refractivity contribution is 0.0938. The van der Waals surface area contributed by atoms with E-state index in [0.717, 1.165) is 35.9 Å². The Balaban J connectivity index is 0.000000337. The molecular weight excluding hydrogens is 1200 g/mol. The molecule has 11 N–H and O–H groups in total. The van der Waals surface area contributed by atoms with Gasteiger partial charge < -0.3 is 60.1 Å². The molecule has 496 valence electrons. The van der Waals surface area contributed by atoms with E-state index in [1.54, 1.807) is 29.8 Å². The number of sulfonamides is 2. The monoisotopic (exact) mass is 1290 g/mol. The molecule has 2 fully saturated rings. The lowest BCUT2D eigenvalue weighted by Gasteiger charge is -2.33. The zero-order chi connectivity index (χ0) is 64.6. The number of aliphatic hydroxyl groups is 5. The van der Waals surface area contributed by atoms with Gasteiger partial charge in [-0.05, 0) is 94.0 Å². The summed E-state index contributed by atoms with van der Waals surface area (Å²) < 4.78 is 71.9. The van der Waals surface area contributed by atoms with Gasteiger partial charge in [0.15, 0.2) is 17.9 Å². The molecule has 0 saturated carbocycles. The molecule has 0 radical (unpaired) electrons. The van der Waals surface area contributed by atoms with E-state index < -0.39 is 25.6 Å². The van der Waals surface area contributed by atoms with Gasteiger partial charge in [0.2, 0.25) is 20.0 Å². The van der Waals surface area contributed by atoms with Crippen molar-refractivity contribution in [3.63, 3.8) is 0 Å². The van der Waals surface area contributed by atoms with Crippen molar-refractivity contribution in [2.45, 2.75) is 96.8 Å². The fourth-order valence-corrected chi connectivity index (χ4v) is 13.2. The number of carbonyl (C=O) groups is 1. The van der Waals surface area contributed by atoms with Gasteiger partial charge in [0, 0.05) is 83.2 Å². The number of aryl methyl sites for hydroxylation is 4. The largest absolute Gasteiger partial charge is 0.493 e. The maximum atomic E-state index is 13.6. The molecule has 2 aromatic carbocycles. The summed E-state index contributed by atoms with van der Waals surface area (Å²) in [5.74, 6) is 5.59. The van der Waals surface area contributed by atoms with Crippen LogP contribution in [0.25, 0.3) is 33.8 Å². The summed E-state index contributed by atoms with van der Waals surface area (Å²) in [6.45, 7) is 18.6. The highest BCUT2D eigenvalue weighted by molar-refractivity contribution is 7.89. The van der Waals surface area contributed by atoms with Crippen LogP contribution in [-0.2, 0) is 55.4 Å². The molecule has 6 aromatic rings. The second-order valence-electron chi connectivity index (χ2n) is 20.0. The van der Waals surface area contributed by atoms with Crippen molar-refractivity contribution in [1.82, 2.24) is 47.6 Å². The number of benzene rings is 2. The first-order valence-electron chi connectivity index (χ1n) is 29.7. The average Bonchev–Trinajstić information content (AvgIpc) is 2.02. The first-order chi connectivity index (χ1) is 42.4. The molecule has 0 unspecified atom stereocenters. The van der Waals surface area contributed by atoms with Gasteiger partial charge >= 0.3 is 0 Å². The number of nitrogens with one attached hydrogen (secondary N) is 2. The average molecular weight is 1290 g/mol. The van der Waals surface area contributed by atoms with E-state index in [0.29, 0.717) is 155 Å². The number of ether oxygens (including phenoxy) is 2. The Hall–Kier alpha value is -6.56. The van der Waals surface area contributed by atoms with Crippen LogP contribution in [0.2, 0.25) is 0 Å². The molecular formula is C58H90N12O17S2. The van der Waals surface area contributed by atoms with Crippen LogP contribution in [0.4, 0.5) is 0 Å². The molecule has 4 aromatic heterocycles. The van der Waals surface area contributed by atoms with Crippen LogP contribution in [0.5, 0.6) is 11.5 Å². The Morgan fingerprint density at radius 2 is 1.01 bits per heavy atom. The van der Waals surface area contributed by atoms with E-state index in [9.17, 15) is 41.4 Å². The summed E-state index contributed by atoms with van der Waals surface area (Å²) in [7, 11) is -7.67. The Morgan fingerprint density at radius 3 is 1.35 bits per heavy atom. The topological polar surface area (TPSA) is 407 Å². The van der Waals surface area contributed by atoms with E-state index in [2.05, 4.69) is 25.9 Å². The van der Waals surface area contributed by atoms with E-state index >= 15 is 0 Å². The number of carbonyl (C=O) groups excluding carboxylic acids is 1. The normalized spacial score (nSPS) is 14.3. The van der Waals surface area contributed by atoms with Crippen molar-refractivity contribution in [3.8, 4) is 34.3 Å². The van der Waals surface area contributed by atoms with Gasteiger partial charge in [-0.3, -0.25) is 24.2 Å². The van der Waals surface area contributed by atoms with Crippen LogP contribution < -0.4 is 26.5 Å². The second-order valence-corrected chi connectivity index (χ2v) is 23.8. The summed E-state index contributed by atoms with van der Waals surface area (Å²) in [6.07, 6.45) is 6.05. The maximum Gasteiger partial charge on any atom is 0.275 e. The molecule has 8 rings (SSSR count). The van der Waals surface area contributed by atoms with E-state index in [1.165, 1.54) is 37.4 Å². The summed E-state index contributed by atoms with van der Waals surface area (Å²) in [4.78, 5) is 57.7. The smallest absolute Gasteiger partial charge is 0.275 e. The molecule has 29 nitrogen and oxygen atoms in total. The number of rotatable bonds is 27. The summed E-state index contributed by atoms with van der Waals surface area (Å²) in [6, 6.07) is 9.16. The number of nitrogens with two attached hydrogens (primary N) is 1. The standard InChI is InChI=1S/C28H40N6O7S.C26H35N5O6S.C2H7NO2.C2H6O.H2O/c1-4-7-24-23(19-29-41-17-16-36)21(5-2)26-28(37)30-27(31-34(24)26)22-18-20(8-9-25(22)40-6-3)42(38,39)33-12-10-32(11-13-33)14-15-35;1-4-7-22-21(17-33)19(5-2)24-26(34)27-25(28-31(22)24)20-16-18(8-9-23(20)37-6-3)38(35,36)30-12-10-29(11-13-30)14-15-32;3-5-2-1-4;1-2-3;/h8-9,18-19,35-36H,4-7,10-17H2,1-3H3,(H,30,31,37);8-9,16-17,32H,4-7,10-15H2,1-3H3,(H,27,28,34);4H,1-3H2;3H,2H2,1H3;1H2/b29-19+;;;;. The molecule has 2 aliphatic rings. The fraction of sp³-hybridized carbons (Fsp3) is 0.552. The molecule has 2 aliphatic heterocycles. The van der Waals surface area contributed by atoms with Crippen molar-refractivity contribution >= 4 is 43.6 Å². The van der Waals surface area contributed by atoms with Crippen LogP contribution in [-0.4, -0.2) is 233 Å². The molecule has 0 aliphatic carbocycles. The summed E-state index contributed by atoms with van der Waals surface area (Å²) in [5.41, 5.74) is 4.66. The number of aliphatic hydroxyl groups excluding tert-OH is 5. The Morgan fingerprint density at radius 1 is 0.607 bits per heavy atom. The van der Waals surface area contributed by atoms with Gasteiger partial charge in [-0.2, -0.15) is 8.61 Å². The Kier molecular flexibility index (Phi) is 31.1. The molecule has 0 bridgehead atoms. The summed E-state index contributed by atoms with van der Waals surface area (Å²) in [5, 5.41) is 56.3. The molecule has 0 atom stereocenters. The molecule has 89 heavy (non-hydrogen) atoms. The third kappa shape index (κ3) is 18.3. The van der Waals surface area contributed by atoms with E-state index in [-0.39, 0.29) is 78.7 Å². The maximum absolute atomic E-state index is 13.6. The van der Waals surface area contributed by atoms with Crippen LogP contribution >= 0.6 is 0 Å². The predicted octanol–water partition coefficient (Wildman–Crippen LogP) is 1.00. The first kappa shape index (κ1) is 74.9. The number of β-amino-alcohol motifs (C(OH)–C–C–N with tert-alkyl or cyclic N) is 2. The fourth-order valence-electron chi connectivity index (χ4n) is 10.3. The second kappa shape index (κ2) is 36.9. The van der Waals surface area contributed by atoms with Crippen LogP contribution in [0, 0.1) is 0 Å². The molecule has 6 heterocycles. The lowest BCUT2D eigenvalue weighted by atomic mass is 10.1. The predicted molar refractivity (Wildman–Crippen MR) is 336 cm³/mol. The van der Waals surface area contributed by atoms with Crippen molar-refractivity contribution in [2.24, 2.45) is 11.1 Å². The van der Waals surface area contributed by atoms with Crippen LogP contribution in [0.1, 0.15) is 99.7 Å². The number of hydrogen-bond donors (Lipinski definition) is 8. The van der Waals surface area contributed by atoms with Gasteiger partial charge in [-0.25, -0.2) is 31.8 Å². The third-order valence-corrected chi connectivity index (χ3v) is 18.1. The molecule has 0 amide bonds. The quantitative estimate of drug-likeness (QED) is 0.0154. The van der Waals surface area contributed by atoms with E-state index in [1.807, 2.05) is 51.3 Å². The minimum atomic E-state index is -3.84. The highest BCUT2D eigenvalue weighted by Gasteiger charge is 2.32. The molecule has 2 saturated heterocycles. The van der Waals surface area contributed by atoms with Crippen molar-refractivity contribution < 1.29 is 71.8 Å². The van der Waals surface area contributed by atoms with Crippen LogP contribution in [0.15, 0.2) is 60.9 Å². The number of H-pyrrole nitrogens is 2. The van der Waals surface area contributed by atoms with Gasteiger partial charge in [0.1, 0.15) is 29.1 Å². The SMILES string of the molecule is CCCc1c(/C=N/OCCO)c(CC)c2c(=O)[nH]c(-c3cc(S(=O)(=O)N4CCN(CCO)CC4)ccc3OCC)nn12.CCCc1c(C=O)c(CC)c2c(=O)[nH]c(-c3cc(S(=O)(=O)N4CCN(CCO)CC4)ccc3OCC)nn12.CCO.NOCCO.O. The van der Waals surface area contributed by atoms with Gasteiger partial charge in [-0.15, -0.1) is 10.2 Å². The minimum Gasteiger partial charge on any atom is -0.493 e. The highest BCUT2D eigenvalue weighted by atomic mass is 32.2. The molecule has 0 spiro atoms. The van der Waals surface area contributed by atoms with E-state index in [4.69, 9.17) is 39.8 Å². The first-order valence-corrected chi connectivity index (χ1v) is 32.6. The minimum absolute atomic E-state index is 0. The highest BCUT2D eigenvalue weighted by Crippen LogP contribution is 2.35. The zero-order valence-electron chi connectivity index (χ0n) is 51.9. The number of hydrogen-bond acceptors (Lipinski definition) is 22. The number of oxime groups is 1. The number of aromatic nitrogens is 6. The third-order valence-electron chi connectivity index (χ3n) is 14.3. The number of nitrogens with zero attached hydrogens (tertiary/aromatic N) is 9. The Bertz CT molecular complexity index is 3570. The number of piperazine rings is 2. The van der Waals surface area contributed by atoms with Crippen molar-refractivity contribution in [1.29, 1.82) is 0 Å². The van der Waals surface area contributed by atoms with Gasteiger partial charge in [-0.1, -0.05) is 45.7 Å². The number of fused-ring (bicyclic) bond motifs is 2.